The highest BCUT2D eigenvalue weighted by atomic mass is 35.5. The Kier molecular flexibility index (Phi) is 1.89. The Bertz CT molecular complexity index is 328. The molecule has 1 aromatic rings. The summed E-state index contributed by atoms with van der Waals surface area (Å²) in [7, 11) is 0. The zero-order chi connectivity index (χ0) is 9.54. The van der Waals surface area contributed by atoms with Gasteiger partial charge < -0.3 is 10.6 Å². The van der Waals surface area contributed by atoms with Gasteiger partial charge >= 0.3 is 0 Å². The van der Waals surface area contributed by atoms with Gasteiger partial charge in [0.05, 0.1) is 5.02 Å². The van der Waals surface area contributed by atoms with E-state index >= 15 is 0 Å². The normalized spacial score (nSPS) is 33.9. The van der Waals surface area contributed by atoms with Crippen molar-refractivity contribution >= 4 is 17.4 Å². The van der Waals surface area contributed by atoms with Crippen LogP contribution >= 0.6 is 11.6 Å². The fourth-order valence-electron chi connectivity index (χ4n) is 2.26. The molecular weight excluding hydrogens is 198 g/mol. The molecule has 0 radical (unpaired) electrons. The molecule has 1 aliphatic heterocycles. The topological polar surface area (TPSA) is 37.0 Å². The summed E-state index contributed by atoms with van der Waals surface area (Å²) in [6.45, 7) is 2.30. The first-order valence-corrected chi connectivity index (χ1v) is 5.31. The van der Waals surface area contributed by atoms with Crippen molar-refractivity contribution in [2.75, 3.05) is 18.4 Å². The molecule has 1 saturated heterocycles. The molecule has 14 heavy (non-hydrogen) atoms. The Labute approximate surface area is 87.9 Å². The second-order valence-electron chi connectivity index (χ2n) is 4.02. The van der Waals surface area contributed by atoms with E-state index in [2.05, 4.69) is 15.6 Å². The number of fused-ring (bicyclic) bond motifs is 1. The maximum Gasteiger partial charge on any atom is 0.126 e. The van der Waals surface area contributed by atoms with Crippen molar-refractivity contribution in [2.24, 2.45) is 11.8 Å². The Morgan fingerprint density at radius 2 is 2.14 bits per heavy atom. The summed E-state index contributed by atoms with van der Waals surface area (Å²) in [6, 6.07) is 4.43. The molecule has 3 nitrogen and oxygen atoms in total. The zero-order valence-corrected chi connectivity index (χ0v) is 8.46. The Balaban J connectivity index is 1.65. The lowest BCUT2D eigenvalue weighted by molar-refractivity contribution is 0.695. The molecule has 4 heteroatoms. The number of halogens is 1. The summed E-state index contributed by atoms with van der Waals surface area (Å²) in [5.74, 6) is 2.56. The smallest absolute Gasteiger partial charge is 0.126 e. The first-order valence-electron chi connectivity index (χ1n) is 4.93. The van der Waals surface area contributed by atoms with Crippen LogP contribution in [0, 0.1) is 11.8 Å². The van der Waals surface area contributed by atoms with Gasteiger partial charge in [-0.15, -0.1) is 0 Å². The number of anilines is 1. The number of hydrogen-bond donors (Lipinski definition) is 2. The Hall–Kier alpha value is -0.800. The third-order valence-electron chi connectivity index (χ3n) is 3.13. The van der Waals surface area contributed by atoms with E-state index in [9.17, 15) is 0 Å². The molecule has 2 heterocycles. The molecule has 2 unspecified atom stereocenters. The summed E-state index contributed by atoms with van der Waals surface area (Å²) in [5, 5.41) is 7.49. The lowest BCUT2D eigenvalue weighted by atomic mass is 10.4. The number of pyridine rings is 1. The van der Waals surface area contributed by atoms with Crippen LogP contribution in [0.5, 0.6) is 0 Å². The molecule has 2 aliphatic rings. The minimum absolute atomic E-state index is 0.630. The quantitative estimate of drug-likeness (QED) is 0.773. The van der Waals surface area contributed by atoms with Crippen LogP contribution in [-0.2, 0) is 0 Å². The molecule has 3 rings (SSSR count). The van der Waals surface area contributed by atoms with Gasteiger partial charge in [0.2, 0.25) is 0 Å². The number of rotatable bonds is 2. The molecule has 74 valence electrons. The fourth-order valence-corrected chi connectivity index (χ4v) is 2.38. The van der Waals surface area contributed by atoms with Crippen molar-refractivity contribution in [1.82, 2.24) is 10.3 Å². The third-order valence-corrected chi connectivity index (χ3v) is 3.36. The average Bonchev–Trinajstić information content (AvgIpc) is 2.63. The number of aromatic nitrogens is 1. The molecule has 1 saturated carbocycles. The molecule has 2 atom stereocenters. The van der Waals surface area contributed by atoms with Crippen molar-refractivity contribution in [1.29, 1.82) is 0 Å². The Morgan fingerprint density at radius 3 is 2.79 bits per heavy atom. The minimum Gasteiger partial charge on any atom is -0.367 e. The molecule has 1 aliphatic carbocycles. The maximum absolute atomic E-state index is 5.76. The highest BCUT2D eigenvalue weighted by molar-refractivity contribution is 6.30. The lowest BCUT2D eigenvalue weighted by Crippen LogP contribution is -2.21. The number of piperidine rings is 1. The maximum atomic E-state index is 5.76. The SMILES string of the molecule is Clc1ccc(NC2C3CNCC32)nc1. The molecule has 2 fully saturated rings. The van der Waals surface area contributed by atoms with E-state index in [1.807, 2.05) is 12.1 Å². The summed E-state index contributed by atoms with van der Waals surface area (Å²) in [5.41, 5.74) is 0. The molecule has 2 N–H and O–H groups in total. The van der Waals surface area contributed by atoms with E-state index in [-0.39, 0.29) is 0 Å². The van der Waals surface area contributed by atoms with Gasteiger partial charge in [0.15, 0.2) is 0 Å². The van der Waals surface area contributed by atoms with Gasteiger partial charge in [-0.1, -0.05) is 11.6 Å². The van der Waals surface area contributed by atoms with Gasteiger partial charge in [0, 0.05) is 25.3 Å². The predicted molar refractivity (Wildman–Crippen MR) is 56.5 cm³/mol. The van der Waals surface area contributed by atoms with E-state index in [4.69, 9.17) is 11.6 Å². The van der Waals surface area contributed by atoms with Gasteiger partial charge in [-0.3, -0.25) is 0 Å². The van der Waals surface area contributed by atoms with Gasteiger partial charge in [-0.25, -0.2) is 4.98 Å². The summed E-state index contributed by atoms with van der Waals surface area (Å²) < 4.78 is 0. The zero-order valence-electron chi connectivity index (χ0n) is 7.70. The van der Waals surface area contributed by atoms with Gasteiger partial charge in [0.1, 0.15) is 5.82 Å². The first-order chi connectivity index (χ1) is 6.84. The van der Waals surface area contributed by atoms with E-state index in [1.54, 1.807) is 6.20 Å². The van der Waals surface area contributed by atoms with Crippen LogP contribution in [0.25, 0.3) is 0 Å². The van der Waals surface area contributed by atoms with Crippen molar-refractivity contribution < 1.29 is 0 Å². The monoisotopic (exact) mass is 209 g/mol. The largest absolute Gasteiger partial charge is 0.367 e. The molecule has 0 aromatic carbocycles. The summed E-state index contributed by atoms with van der Waals surface area (Å²) >= 11 is 5.76. The number of nitrogens with one attached hydrogen (secondary N) is 2. The van der Waals surface area contributed by atoms with Gasteiger partial charge in [-0.05, 0) is 24.0 Å². The highest BCUT2D eigenvalue weighted by Crippen LogP contribution is 2.43. The molecular formula is C10H12ClN3. The predicted octanol–water partition coefficient (Wildman–Crippen LogP) is 1.36. The first kappa shape index (κ1) is 8.50. The summed E-state index contributed by atoms with van der Waals surface area (Å²) in [4.78, 5) is 4.22. The molecule has 0 amide bonds. The van der Waals surface area contributed by atoms with E-state index in [0.717, 1.165) is 30.7 Å². The van der Waals surface area contributed by atoms with Crippen LogP contribution in [0.15, 0.2) is 18.3 Å². The standard InChI is InChI=1S/C10H12ClN3/c11-6-1-2-9(13-3-6)14-10-7-4-12-5-8(7)10/h1-3,7-8,10,12H,4-5H2,(H,13,14). The average molecular weight is 210 g/mol. The van der Waals surface area contributed by atoms with Gasteiger partial charge in [0.25, 0.3) is 0 Å². The highest BCUT2D eigenvalue weighted by Gasteiger charge is 2.52. The Morgan fingerprint density at radius 1 is 1.36 bits per heavy atom. The van der Waals surface area contributed by atoms with Crippen LogP contribution in [-0.4, -0.2) is 24.1 Å². The third kappa shape index (κ3) is 1.37. The molecule has 0 bridgehead atoms. The van der Waals surface area contributed by atoms with E-state index in [0.29, 0.717) is 11.1 Å². The van der Waals surface area contributed by atoms with Crippen molar-refractivity contribution in [2.45, 2.75) is 6.04 Å². The summed E-state index contributed by atoms with van der Waals surface area (Å²) in [6.07, 6.45) is 1.68. The molecule has 0 spiro atoms. The van der Waals surface area contributed by atoms with Crippen molar-refractivity contribution in [3.8, 4) is 0 Å². The van der Waals surface area contributed by atoms with Crippen molar-refractivity contribution in [3.05, 3.63) is 23.4 Å². The van der Waals surface area contributed by atoms with Crippen LogP contribution in [0.4, 0.5) is 5.82 Å². The van der Waals surface area contributed by atoms with Crippen LogP contribution in [0.1, 0.15) is 0 Å². The lowest BCUT2D eigenvalue weighted by Gasteiger charge is -2.07. The van der Waals surface area contributed by atoms with Crippen LogP contribution in [0.2, 0.25) is 5.02 Å². The van der Waals surface area contributed by atoms with Crippen LogP contribution in [0.3, 0.4) is 0 Å². The minimum atomic E-state index is 0.630. The molecule has 1 aromatic heterocycles. The van der Waals surface area contributed by atoms with Gasteiger partial charge in [-0.2, -0.15) is 0 Å². The second kappa shape index (κ2) is 3.11. The van der Waals surface area contributed by atoms with E-state index in [1.165, 1.54) is 0 Å². The fraction of sp³-hybridized carbons (Fsp3) is 0.500. The van der Waals surface area contributed by atoms with Crippen molar-refractivity contribution in [3.63, 3.8) is 0 Å². The number of hydrogen-bond acceptors (Lipinski definition) is 3. The van der Waals surface area contributed by atoms with Crippen LogP contribution < -0.4 is 10.6 Å². The number of nitrogens with zero attached hydrogens (tertiary/aromatic N) is 1. The van der Waals surface area contributed by atoms with E-state index < -0.39 is 0 Å². The second-order valence-corrected chi connectivity index (χ2v) is 4.45.